The Kier molecular flexibility index (Phi) is 22.3. The van der Waals surface area contributed by atoms with Crippen molar-refractivity contribution >= 4 is 17.7 Å². The molecule has 0 aliphatic carbocycles. The molecule has 3 amide bonds. The quantitative estimate of drug-likeness (QED) is 0.0621. The maximum absolute atomic E-state index is 13.3. The van der Waals surface area contributed by atoms with E-state index in [2.05, 4.69) is 29.4 Å². The summed E-state index contributed by atoms with van der Waals surface area (Å²) in [6.07, 6.45) is 15.0. The first-order valence-electron chi connectivity index (χ1n) is 15.1. The van der Waals surface area contributed by atoms with Crippen LogP contribution in [0.4, 0.5) is 0 Å². The minimum absolute atomic E-state index is 0.0706. The Morgan fingerprint density at radius 1 is 0.786 bits per heavy atom. The highest BCUT2D eigenvalue weighted by Gasteiger charge is 2.33. The average molecular weight is 596 g/mol. The van der Waals surface area contributed by atoms with Crippen molar-refractivity contribution in [3.63, 3.8) is 0 Å². The van der Waals surface area contributed by atoms with Gasteiger partial charge in [-0.3, -0.25) is 14.4 Å². The first kappa shape index (κ1) is 39.3. The van der Waals surface area contributed by atoms with Crippen molar-refractivity contribution in [2.24, 2.45) is 5.92 Å². The molecule has 0 radical (unpaired) electrons. The zero-order valence-electron chi connectivity index (χ0n) is 25.3. The van der Waals surface area contributed by atoms with Crippen LogP contribution in [0.5, 0.6) is 0 Å². The van der Waals surface area contributed by atoms with Crippen molar-refractivity contribution in [2.75, 3.05) is 26.2 Å². The predicted octanol–water partition coefficient (Wildman–Crippen LogP) is 0.456. The Balaban J connectivity index is 5.02. The van der Waals surface area contributed by atoms with E-state index in [1.54, 1.807) is 6.92 Å². The molecule has 11 nitrogen and oxygen atoms in total. The van der Waals surface area contributed by atoms with Crippen LogP contribution in [-0.2, 0) is 14.4 Å². The Morgan fingerprint density at radius 3 is 1.79 bits per heavy atom. The zero-order valence-corrected chi connectivity index (χ0v) is 25.3. The molecule has 42 heavy (non-hydrogen) atoms. The SMILES string of the molecule is C#CCN(CC#C)C(=O)C(NC(=O)CCCCCCCCCCCC)[C@@H](C)CC(=O)NCC(O)C(O)C(O)C(O)CO. The van der Waals surface area contributed by atoms with E-state index in [9.17, 15) is 34.8 Å². The van der Waals surface area contributed by atoms with Gasteiger partial charge in [0.1, 0.15) is 24.4 Å². The lowest BCUT2D eigenvalue weighted by Gasteiger charge is -2.29. The molecule has 0 saturated carbocycles. The molecule has 0 rings (SSSR count). The van der Waals surface area contributed by atoms with Gasteiger partial charge in [0.15, 0.2) is 0 Å². The number of unbranched alkanes of at least 4 members (excludes halogenated alkanes) is 9. The van der Waals surface area contributed by atoms with E-state index in [-0.39, 0.29) is 31.8 Å². The zero-order chi connectivity index (χ0) is 31.9. The molecule has 0 spiro atoms. The molecular weight excluding hydrogens is 542 g/mol. The number of carbonyl (C=O) groups is 3. The van der Waals surface area contributed by atoms with Gasteiger partial charge >= 0.3 is 0 Å². The van der Waals surface area contributed by atoms with Gasteiger partial charge < -0.3 is 41.1 Å². The topological polar surface area (TPSA) is 180 Å². The van der Waals surface area contributed by atoms with Gasteiger partial charge in [-0.05, 0) is 12.3 Å². The van der Waals surface area contributed by atoms with Gasteiger partial charge in [0, 0.05) is 19.4 Å². The van der Waals surface area contributed by atoms with E-state index in [0.717, 1.165) is 19.3 Å². The summed E-state index contributed by atoms with van der Waals surface area (Å²) < 4.78 is 0. The Bertz CT molecular complexity index is 840. The second-order valence-electron chi connectivity index (χ2n) is 10.9. The molecule has 5 unspecified atom stereocenters. The van der Waals surface area contributed by atoms with Gasteiger partial charge in [0.05, 0.1) is 25.8 Å². The predicted molar refractivity (Wildman–Crippen MR) is 161 cm³/mol. The van der Waals surface area contributed by atoms with E-state index in [1.165, 1.54) is 43.4 Å². The fourth-order valence-corrected chi connectivity index (χ4v) is 4.48. The summed E-state index contributed by atoms with van der Waals surface area (Å²) in [6, 6.07) is -1.08. The van der Waals surface area contributed by atoms with Gasteiger partial charge in [-0.25, -0.2) is 0 Å². The van der Waals surface area contributed by atoms with Crippen LogP contribution in [0.3, 0.4) is 0 Å². The molecule has 0 saturated heterocycles. The molecule has 0 aliphatic rings. The third-order valence-electron chi connectivity index (χ3n) is 7.13. The number of nitrogens with zero attached hydrogens (tertiary/aromatic N) is 1. The average Bonchev–Trinajstić information content (AvgIpc) is 2.97. The lowest BCUT2D eigenvalue weighted by atomic mass is 9.95. The Hall–Kier alpha value is -2.67. The maximum atomic E-state index is 13.3. The number of nitrogens with one attached hydrogen (secondary N) is 2. The number of rotatable bonds is 24. The van der Waals surface area contributed by atoms with Crippen molar-refractivity contribution < 1.29 is 39.9 Å². The molecule has 0 aromatic heterocycles. The van der Waals surface area contributed by atoms with E-state index < -0.39 is 61.3 Å². The summed E-state index contributed by atoms with van der Waals surface area (Å²) in [7, 11) is 0. The Morgan fingerprint density at radius 2 is 1.29 bits per heavy atom. The van der Waals surface area contributed by atoms with Crippen LogP contribution < -0.4 is 10.6 Å². The van der Waals surface area contributed by atoms with Crippen LogP contribution in [0.25, 0.3) is 0 Å². The number of aliphatic hydroxyl groups is 5. The molecule has 0 aromatic rings. The molecule has 0 aromatic carbocycles. The van der Waals surface area contributed by atoms with Crippen LogP contribution in [0.2, 0.25) is 0 Å². The first-order chi connectivity index (χ1) is 20.0. The second kappa shape index (κ2) is 23.8. The lowest BCUT2D eigenvalue weighted by Crippen LogP contribution is -2.53. The van der Waals surface area contributed by atoms with Crippen LogP contribution in [0.1, 0.15) is 90.9 Å². The molecule has 0 bridgehead atoms. The summed E-state index contributed by atoms with van der Waals surface area (Å²) in [5, 5.41) is 53.2. The first-order valence-corrected chi connectivity index (χ1v) is 15.1. The van der Waals surface area contributed by atoms with Gasteiger partial charge in [0.25, 0.3) is 0 Å². The minimum atomic E-state index is -1.83. The fourth-order valence-electron chi connectivity index (χ4n) is 4.48. The van der Waals surface area contributed by atoms with Gasteiger partial charge in [-0.2, -0.15) is 0 Å². The van der Waals surface area contributed by atoms with E-state index in [0.29, 0.717) is 6.42 Å². The summed E-state index contributed by atoms with van der Waals surface area (Å²) >= 11 is 0. The smallest absolute Gasteiger partial charge is 0.247 e. The summed E-state index contributed by atoms with van der Waals surface area (Å²) in [6.45, 7) is 2.37. The third-order valence-corrected chi connectivity index (χ3v) is 7.13. The van der Waals surface area contributed by atoms with Crippen LogP contribution in [0, 0.1) is 30.6 Å². The van der Waals surface area contributed by atoms with E-state index in [4.69, 9.17) is 18.0 Å². The second-order valence-corrected chi connectivity index (χ2v) is 10.9. The summed E-state index contributed by atoms with van der Waals surface area (Å²) in [5.41, 5.74) is 0. The number of carbonyl (C=O) groups excluding carboxylic acids is 3. The van der Waals surface area contributed by atoms with Gasteiger partial charge in [-0.15, -0.1) is 12.8 Å². The monoisotopic (exact) mass is 595 g/mol. The van der Waals surface area contributed by atoms with Crippen LogP contribution >= 0.6 is 0 Å². The highest BCUT2D eigenvalue weighted by Crippen LogP contribution is 2.15. The molecule has 0 aliphatic heterocycles. The number of aliphatic hydroxyl groups excluding tert-OH is 5. The molecule has 0 fully saturated rings. The van der Waals surface area contributed by atoms with Gasteiger partial charge in [-0.1, -0.05) is 83.5 Å². The van der Waals surface area contributed by atoms with Crippen molar-refractivity contribution in [2.45, 2.75) is 121 Å². The standard InChI is InChI=1S/C31H53N3O8/c1-5-8-9-10-11-12-13-14-15-16-17-26(38)33-28(31(42)34(18-6-2)19-7-3)23(4)20-27(39)32-21-24(36)29(40)30(41)25(37)22-35/h2-3,23-25,28-30,35-37,40-41H,5,8-22H2,1,4H3,(H,32,39)(H,33,38)/t23-,24?,25?,28?,29?,30?/m0/s1. The fraction of sp³-hybridized carbons (Fsp3) is 0.774. The highest BCUT2D eigenvalue weighted by molar-refractivity contribution is 5.89. The Labute approximate surface area is 251 Å². The van der Waals surface area contributed by atoms with Crippen molar-refractivity contribution in [1.29, 1.82) is 0 Å². The lowest BCUT2D eigenvalue weighted by molar-refractivity contribution is -0.137. The molecule has 7 N–H and O–H groups in total. The number of hydrogen-bond donors (Lipinski definition) is 7. The minimum Gasteiger partial charge on any atom is -0.394 e. The van der Waals surface area contributed by atoms with Crippen molar-refractivity contribution in [3.05, 3.63) is 0 Å². The molecule has 6 atom stereocenters. The highest BCUT2D eigenvalue weighted by atomic mass is 16.4. The normalized spacial score (nSPS) is 15.3. The van der Waals surface area contributed by atoms with Crippen molar-refractivity contribution in [1.82, 2.24) is 15.5 Å². The molecule has 240 valence electrons. The molecular formula is C31H53N3O8. The number of terminal acetylenes is 2. The van der Waals surface area contributed by atoms with Crippen molar-refractivity contribution in [3.8, 4) is 24.7 Å². The molecule has 11 heteroatoms. The third kappa shape index (κ3) is 16.7. The van der Waals surface area contributed by atoms with Crippen LogP contribution in [0.15, 0.2) is 0 Å². The summed E-state index contributed by atoms with van der Waals surface area (Å²) in [5.74, 6) is 2.63. The molecule has 0 heterocycles. The maximum Gasteiger partial charge on any atom is 0.247 e. The number of amides is 3. The largest absolute Gasteiger partial charge is 0.394 e. The van der Waals surface area contributed by atoms with E-state index >= 15 is 0 Å². The van der Waals surface area contributed by atoms with Crippen LogP contribution in [-0.4, -0.2) is 105 Å². The summed E-state index contributed by atoms with van der Waals surface area (Å²) in [4.78, 5) is 39.9. The van der Waals surface area contributed by atoms with Gasteiger partial charge in [0.2, 0.25) is 17.7 Å². The van der Waals surface area contributed by atoms with E-state index in [1.807, 2.05) is 0 Å². The number of hydrogen-bond acceptors (Lipinski definition) is 8.